The molecular formula is C9H13NO3. The highest BCUT2D eigenvalue weighted by Crippen LogP contribution is 2.01. The number of nitrogens with zero attached hydrogens (tertiary/aromatic N) is 1. The number of ether oxygens (including phenoxy) is 1. The summed E-state index contributed by atoms with van der Waals surface area (Å²) in [5, 5.41) is 7.00. The molecule has 0 bridgehead atoms. The van der Waals surface area contributed by atoms with Gasteiger partial charge in [-0.2, -0.15) is 0 Å². The van der Waals surface area contributed by atoms with Crippen LogP contribution in [0.1, 0.15) is 15.9 Å². The summed E-state index contributed by atoms with van der Waals surface area (Å²) < 4.78 is 4.51. The molecule has 0 atom stereocenters. The van der Waals surface area contributed by atoms with Gasteiger partial charge in [0.15, 0.2) is 0 Å². The summed E-state index contributed by atoms with van der Waals surface area (Å²) in [6.45, 7) is 1.87. The second-order valence-electron chi connectivity index (χ2n) is 2.24. The van der Waals surface area contributed by atoms with E-state index in [-0.39, 0.29) is 5.97 Å². The highest BCUT2D eigenvalue weighted by atomic mass is 16.5. The van der Waals surface area contributed by atoms with Gasteiger partial charge in [-0.25, -0.2) is 4.79 Å². The number of aromatic nitrogens is 1. The molecule has 0 aromatic carbocycles. The number of esters is 1. The molecule has 0 saturated carbocycles. The van der Waals surface area contributed by atoms with Crippen LogP contribution < -0.4 is 0 Å². The van der Waals surface area contributed by atoms with Crippen LogP contribution in [-0.4, -0.2) is 30.3 Å². The van der Waals surface area contributed by atoms with Gasteiger partial charge in [-0.1, -0.05) is 0 Å². The first-order valence-corrected chi connectivity index (χ1v) is 3.68. The van der Waals surface area contributed by atoms with Crippen LogP contribution in [0.4, 0.5) is 0 Å². The van der Waals surface area contributed by atoms with E-state index in [1.54, 1.807) is 12.3 Å². The maximum absolute atomic E-state index is 10.9. The van der Waals surface area contributed by atoms with Crippen molar-refractivity contribution in [2.24, 2.45) is 0 Å². The zero-order valence-corrected chi connectivity index (χ0v) is 7.94. The van der Waals surface area contributed by atoms with Crippen molar-refractivity contribution in [1.29, 1.82) is 0 Å². The van der Waals surface area contributed by atoms with E-state index in [4.69, 9.17) is 5.11 Å². The Morgan fingerprint density at radius 2 is 2.08 bits per heavy atom. The summed E-state index contributed by atoms with van der Waals surface area (Å²) in [5.74, 6) is -0.346. The Bertz CT molecular complexity index is 273. The van der Waals surface area contributed by atoms with Crippen molar-refractivity contribution >= 4 is 5.97 Å². The quantitative estimate of drug-likeness (QED) is 0.654. The molecule has 1 heterocycles. The van der Waals surface area contributed by atoms with Gasteiger partial charge in [0.05, 0.1) is 12.7 Å². The zero-order chi connectivity index (χ0) is 10.3. The fourth-order valence-corrected chi connectivity index (χ4v) is 0.784. The van der Waals surface area contributed by atoms with Crippen LogP contribution in [0.15, 0.2) is 18.5 Å². The number of aliphatic hydroxyl groups is 1. The summed E-state index contributed by atoms with van der Waals surface area (Å²) in [4.78, 5) is 14.8. The number of aliphatic hydroxyl groups excluding tert-OH is 1. The average Bonchev–Trinajstić information content (AvgIpc) is 2.20. The smallest absolute Gasteiger partial charge is 0.339 e. The molecule has 0 spiro atoms. The molecule has 0 saturated heterocycles. The Hall–Kier alpha value is -1.42. The molecule has 0 unspecified atom stereocenters. The van der Waals surface area contributed by atoms with Crippen molar-refractivity contribution in [2.45, 2.75) is 6.92 Å². The Balaban J connectivity index is 0.000000671. The first-order chi connectivity index (χ1) is 6.24. The topological polar surface area (TPSA) is 59.4 Å². The maximum atomic E-state index is 10.9. The molecule has 0 aliphatic rings. The number of pyridine rings is 1. The van der Waals surface area contributed by atoms with Gasteiger partial charge in [-0.05, 0) is 18.6 Å². The van der Waals surface area contributed by atoms with E-state index in [2.05, 4.69) is 9.72 Å². The lowest BCUT2D eigenvalue weighted by Crippen LogP contribution is -2.01. The van der Waals surface area contributed by atoms with Gasteiger partial charge in [-0.3, -0.25) is 4.98 Å². The molecule has 1 N–H and O–H groups in total. The molecule has 1 aromatic heterocycles. The minimum absolute atomic E-state index is 0.346. The van der Waals surface area contributed by atoms with Gasteiger partial charge in [0.25, 0.3) is 0 Å². The van der Waals surface area contributed by atoms with E-state index in [1.807, 2.05) is 6.92 Å². The fourth-order valence-electron chi connectivity index (χ4n) is 0.784. The lowest BCUT2D eigenvalue weighted by atomic mass is 10.2. The van der Waals surface area contributed by atoms with Gasteiger partial charge in [0.1, 0.15) is 0 Å². The van der Waals surface area contributed by atoms with E-state index in [0.717, 1.165) is 12.7 Å². The molecular weight excluding hydrogens is 170 g/mol. The molecule has 0 fully saturated rings. The molecule has 0 amide bonds. The molecule has 13 heavy (non-hydrogen) atoms. The standard InChI is InChI=1S/C8H9NO2.CH4O/c1-6-3-7(5-9-4-6)8(10)11-2;1-2/h3-5H,1-2H3;2H,1H3. The first kappa shape index (κ1) is 11.6. The molecule has 4 nitrogen and oxygen atoms in total. The summed E-state index contributed by atoms with van der Waals surface area (Å²) in [7, 11) is 2.35. The third-order valence-electron chi connectivity index (χ3n) is 1.30. The number of hydrogen-bond donors (Lipinski definition) is 1. The maximum Gasteiger partial charge on any atom is 0.339 e. The van der Waals surface area contributed by atoms with Crippen LogP contribution in [0.3, 0.4) is 0 Å². The summed E-state index contributed by atoms with van der Waals surface area (Å²) in [6.07, 6.45) is 3.17. The summed E-state index contributed by atoms with van der Waals surface area (Å²) in [5.41, 5.74) is 1.44. The second kappa shape index (κ2) is 6.14. The lowest BCUT2D eigenvalue weighted by Gasteiger charge is -1.97. The van der Waals surface area contributed by atoms with E-state index >= 15 is 0 Å². The number of methoxy groups -OCH3 is 1. The number of aryl methyl sites for hydroxylation is 1. The predicted octanol–water partition coefficient (Wildman–Crippen LogP) is 0.785. The molecule has 0 aliphatic heterocycles. The lowest BCUT2D eigenvalue weighted by molar-refractivity contribution is 0.0600. The van der Waals surface area contributed by atoms with E-state index in [1.165, 1.54) is 13.3 Å². The molecule has 4 heteroatoms. The van der Waals surface area contributed by atoms with E-state index < -0.39 is 0 Å². The second-order valence-corrected chi connectivity index (χ2v) is 2.24. The summed E-state index contributed by atoms with van der Waals surface area (Å²) in [6, 6.07) is 1.73. The van der Waals surface area contributed by atoms with Crippen molar-refractivity contribution in [2.75, 3.05) is 14.2 Å². The minimum atomic E-state index is -0.346. The summed E-state index contributed by atoms with van der Waals surface area (Å²) >= 11 is 0. The Kier molecular flexibility index (Phi) is 5.47. The molecule has 1 aromatic rings. The monoisotopic (exact) mass is 183 g/mol. The number of carbonyl (C=O) groups excluding carboxylic acids is 1. The molecule has 1 rings (SSSR count). The normalized spacial score (nSPS) is 8.31. The first-order valence-electron chi connectivity index (χ1n) is 3.68. The zero-order valence-electron chi connectivity index (χ0n) is 7.94. The molecule has 72 valence electrons. The van der Waals surface area contributed by atoms with Gasteiger partial charge in [-0.15, -0.1) is 0 Å². The third kappa shape index (κ3) is 3.66. The van der Waals surface area contributed by atoms with Crippen LogP contribution in [0, 0.1) is 6.92 Å². The SMILES string of the molecule is CO.COC(=O)c1cncc(C)c1. The Morgan fingerprint density at radius 3 is 2.54 bits per heavy atom. The molecule has 0 aliphatic carbocycles. The van der Waals surface area contributed by atoms with Gasteiger partial charge in [0.2, 0.25) is 0 Å². The van der Waals surface area contributed by atoms with Crippen LogP contribution >= 0.6 is 0 Å². The fraction of sp³-hybridized carbons (Fsp3) is 0.333. The van der Waals surface area contributed by atoms with Crippen molar-refractivity contribution in [3.8, 4) is 0 Å². The highest BCUT2D eigenvalue weighted by Gasteiger charge is 2.03. The highest BCUT2D eigenvalue weighted by molar-refractivity contribution is 5.88. The van der Waals surface area contributed by atoms with E-state index in [0.29, 0.717) is 5.56 Å². The largest absolute Gasteiger partial charge is 0.465 e. The Labute approximate surface area is 77.2 Å². The third-order valence-corrected chi connectivity index (χ3v) is 1.30. The van der Waals surface area contributed by atoms with Crippen molar-refractivity contribution in [3.63, 3.8) is 0 Å². The van der Waals surface area contributed by atoms with Crippen molar-refractivity contribution in [1.82, 2.24) is 4.98 Å². The van der Waals surface area contributed by atoms with Crippen molar-refractivity contribution in [3.05, 3.63) is 29.6 Å². The average molecular weight is 183 g/mol. The van der Waals surface area contributed by atoms with Gasteiger partial charge in [0, 0.05) is 19.5 Å². The Morgan fingerprint density at radius 1 is 1.46 bits per heavy atom. The van der Waals surface area contributed by atoms with Crippen LogP contribution in [-0.2, 0) is 4.74 Å². The van der Waals surface area contributed by atoms with Gasteiger partial charge < -0.3 is 9.84 Å². The van der Waals surface area contributed by atoms with Crippen LogP contribution in [0.5, 0.6) is 0 Å². The number of rotatable bonds is 1. The molecule has 0 radical (unpaired) electrons. The number of hydrogen-bond acceptors (Lipinski definition) is 4. The number of carbonyl (C=O) groups is 1. The van der Waals surface area contributed by atoms with Crippen LogP contribution in [0.25, 0.3) is 0 Å². The van der Waals surface area contributed by atoms with Gasteiger partial charge >= 0.3 is 5.97 Å². The van der Waals surface area contributed by atoms with Crippen molar-refractivity contribution < 1.29 is 14.6 Å². The minimum Gasteiger partial charge on any atom is -0.465 e. The predicted molar refractivity (Wildman–Crippen MR) is 48.5 cm³/mol. The van der Waals surface area contributed by atoms with Crippen LogP contribution in [0.2, 0.25) is 0 Å². The van der Waals surface area contributed by atoms with E-state index in [9.17, 15) is 4.79 Å².